The van der Waals surface area contributed by atoms with Crippen LogP contribution in [0, 0.1) is 12.7 Å². The lowest BCUT2D eigenvalue weighted by Gasteiger charge is -2.01. The van der Waals surface area contributed by atoms with Crippen LogP contribution in [0.5, 0.6) is 0 Å². The Morgan fingerprint density at radius 1 is 1.59 bits per heavy atom. The van der Waals surface area contributed by atoms with Crippen LogP contribution in [0.4, 0.5) is 4.39 Å². The molecule has 1 N–H and O–H groups in total. The molecule has 2 heterocycles. The van der Waals surface area contributed by atoms with Gasteiger partial charge in [0.15, 0.2) is 10.2 Å². The molecule has 0 atom stereocenters. The Labute approximate surface area is 104 Å². The van der Waals surface area contributed by atoms with Crippen LogP contribution in [-0.2, 0) is 0 Å². The minimum atomic E-state index is -1.32. The molecule has 2 aromatic rings. The van der Waals surface area contributed by atoms with Crippen molar-refractivity contribution >= 4 is 29.3 Å². The summed E-state index contributed by atoms with van der Waals surface area (Å²) in [5.74, 6) is -1.58. The Morgan fingerprint density at radius 2 is 2.35 bits per heavy atom. The monoisotopic (exact) mass is 271 g/mol. The minimum Gasteiger partial charge on any atom is -0.478 e. The molecule has 0 saturated carbocycles. The standard InChI is InChI=1S/C9H6FN3O2S2/c1-4-12-9(17-13-4)16-7-6(10)5(8(14)15)2-3-11-7/h2-3H,1H3,(H,14,15). The van der Waals surface area contributed by atoms with Crippen molar-refractivity contribution < 1.29 is 14.3 Å². The first-order valence-corrected chi connectivity index (χ1v) is 6.03. The summed E-state index contributed by atoms with van der Waals surface area (Å²) in [5.41, 5.74) is -0.399. The molecule has 0 aliphatic carbocycles. The summed E-state index contributed by atoms with van der Waals surface area (Å²) >= 11 is 2.08. The molecule has 0 aliphatic heterocycles. The van der Waals surface area contributed by atoms with Crippen molar-refractivity contribution in [2.45, 2.75) is 16.3 Å². The predicted octanol–water partition coefficient (Wildman–Crippen LogP) is 2.23. The molecule has 0 unspecified atom stereocenters. The van der Waals surface area contributed by atoms with Gasteiger partial charge in [-0.1, -0.05) is 0 Å². The minimum absolute atomic E-state index is 0.0129. The average molecular weight is 271 g/mol. The quantitative estimate of drug-likeness (QED) is 0.922. The lowest BCUT2D eigenvalue weighted by atomic mass is 10.3. The second kappa shape index (κ2) is 4.76. The summed E-state index contributed by atoms with van der Waals surface area (Å²) in [5, 5.41) is 8.74. The van der Waals surface area contributed by atoms with E-state index in [0.717, 1.165) is 29.4 Å². The van der Waals surface area contributed by atoms with E-state index < -0.39 is 17.3 Å². The molecule has 17 heavy (non-hydrogen) atoms. The zero-order valence-corrected chi connectivity index (χ0v) is 10.2. The lowest BCUT2D eigenvalue weighted by Crippen LogP contribution is -2.02. The van der Waals surface area contributed by atoms with Crippen molar-refractivity contribution in [3.63, 3.8) is 0 Å². The number of aromatic carboxylic acids is 1. The first kappa shape index (κ1) is 11.9. The Hall–Kier alpha value is -1.54. The van der Waals surface area contributed by atoms with Gasteiger partial charge in [0, 0.05) is 6.20 Å². The number of rotatable bonds is 3. The molecule has 0 radical (unpaired) electrons. The van der Waals surface area contributed by atoms with Gasteiger partial charge < -0.3 is 5.11 Å². The summed E-state index contributed by atoms with van der Waals surface area (Å²) in [7, 11) is 0. The summed E-state index contributed by atoms with van der Waals surface area (Å²) < 4.78 is 18.2. The van der Waals surface area contributed by atoms with Crippen LogP contribution >= 0.6 is 23.3 Å². The molecule has 5 nitrogen and oxygen atoms in total. The largest absolute Gasteiger partial charge is 0.478 e. The normalized spacial score (nSPS) is 10.5. The van der Waals surface area contributed by atoms with Gasteiger partial charge in [-0.2, -0.15) is 4.37 Å². The smallest absolute Gasteiger partial charge is 0.338 e. The van der Waals surface area contributed by atoms with E-state index in [1.807, 2.05) is 0 Å². The third kappa shape index (κ3) is 2.59. The molecule has 0 saturated heterocycles. The molecule has 0 spiro atoms. The molecular weight excluding hydrogens is 265 g/mol. The maximum atomic E-state index is 13.7. The number of carboxylic acids is 1. The third-order valence-corrected chi connectivity index (χ3v) is 3.60. The maximum Gasteiger partial charge on any atom is 0.338 e. The van der Waals surface area contributed by atoms with E-state index in [2.05, 4.69) is 14.3 Å². The molecule has 88 valence electrons. The molecule has 0 aromatic carbocycles. The van der Waals surface area contributed by atoms with Gasteiger partial charge in [0.05, 0.1) is 5.56 Å². The SMILES string of the molecule is Cc1nsc(Sc2nccc(C(=O)O)c2F)n1. The van der Waals surface area contributed by atoms with E-state index in [0.29, 0.717) is 10.2 Å². The van der Waals surface area contributed by atoms with Crippen LogP contribution in [0.25, 0.3) is 0 Å². The van der Waals surface area contributed by atoms with Crippen LogP contribution in [0.15, 0.2) is 21.6 Å². The highest BCUT2D eigenvalue weighted by atomic mass is 32.2. The van der Waals surface area contributed by atoms with Gasteiger partial charge in [0.25, 0.3) is 0 Å². The van der Waals surface area contributed by atoms with Crippen molar-refractivity contribution in [2.24, 2.45) is 0 Å². The Morgan fingerprint density at radius 3 is 2.94 bits per heavy atom. The van der Waals surface area contributed by atoms with Gasteiger partial charge in [-0.25, -0.2) is 19.2 Å². The molecule has 2 aromatic heterocycles. The van der Waals surface area contributed by atoms with Gasteiger partial charge in [-0.05, 0) is 36.3 Å². The van der Waals surface area contributed by atoms with E-state index in [1.54, 1.807) is 6.92 Å². The van der Waals surface area contributed by atoms with Gasteiger partial charge in [0.2, 0.25) is 0 Å². The summed E-state index contributed by atoms with van der Waals surface area (Å²) in [6, 6.07) is 1.12. The molecule has 0 amide bonds. The molecule has 0 fully saturated rings. The molecular formula is C9H6FN3O2S2. The zero-order chi connectivity index (χ0) is 12.4. The molecule has 2 rings (SSSR count). The van der Waals surface area contributed by atoms with Crippen LogP contribution in [0.3, 0.4) is 0 Å². The van der Waals surface area contributed by atoms with E-state index in [9.17, 15) is 9.18 Å². The number of halogens is 1. The van der Waals surface area contributed by atoms with Crippen LogP contribution in [0.1, 0.15) is 16.2 Å². The van der Waals surface area contributed by atoms with E-state index in [-0.39, 0.29) is 5.03 Å². The highest BCUT2D eigenvalue weighted by molar-refractivity contribution is 8.00. The first-order chi connectivity index (χ1) is 8.08. The molecule has 0 aliphatic rings. The maximum absolute atomic E-state index is 13.7. The van der Waals surface area contributed by atoms with Crippen molar-refractivity contribution in [3.05, 3.63) is 29.5 Å². The van der Waals surface area contributed by atoms with Crippen molar-refractivity contribution in [3.8, 4) is 0 Å². The fourth-order valence-corrected chi connectivity index (χ4v) is 2.64. The van der Waals surface area contributed by atoms with Gasteiger partial charge in [0.1, 0.15) is 10.9 Å². The van der Waals surface area contributed by atoms with E-state index in [1.165, 1.54) is 6.20 Å². The van der Waals surface area contributed by atoms with E-state index in [4.69, 9.17) is 5.11 Å². The van der Waals surface area contributed by atoms with Crippen molar-refractivity contribution in [1.29, 1.82) is 0 Å². The zero-order valence-electron chi connectivity index (χ0n) is 8.55. The Bertz CT molecular complexity index is 573. The number of nitrogens with zero attached hydrogens (tertiary/aromatic N) is 3. The predicted molar refractivity (Wildman–Crippen MR) is 59.9 cm³/mol. The second-order valence-electron chi connectivity index (χ2n) is 2.99. The number of carboxylic acid groups (broad SMARTS) is 1. The first-order valence-electron chi connectivity index (χ1n) is 4.44. The van der Waals surface area contributed by atoms with Crippen LogP contribution in [0.2, 0.25) is 0 Å². The van der Waals surface area contributed by atoms with Gasteiger partial charge in [-0.3, -0.25) is 0 Å². The number of pyridine rings is 1. The number of hydrogen-bond donors (Lipinski definition) is 1. The number of aryl methyl sites for hydroxylation is 1. The van der Waals surface area contributed by atoms with Gasteiger partial charge >= 0.3 is 5.97 Å². The fraction of sp³-hybridized carbons (Fsp3) is 0.111. The van der Waals surface area contributed by atoms with Crippen molar-refractivity contribution in [1.82, 2.24) is 14.3 Å². The molecule has 0 bridgehead atoms. The van der Waals surface area contributed by atoms with Crippen LogP contribution < -0.4 is 0 Å². The van der Waals surface area contributed by atoms with E-state index >= 15 is 0 Å². The number of aromatic nitrogens is 3. The topological polar surface area (TPSA) is 76.0 Å². The van der Waals surface area contributed by atoms with Gasteiger partial charge in [-0.15, -0.1) is 0 Å². The number of carbonyl (C=O) groups is 1. The molecule has 8 heteroatoms. The lowest BCUT2D eigenvalue weighted by molar-refractivity contribution is 0.0691. The summed E-state index contributed by atoms with van der Waals surface area (Å²) in [4.78, 5) is 18.6. The third-order valence-electron chi connectivity index (χ3n) is 1.78. The highest BCUT2D eigenvalue weighted by Crippen LogP contribution is 2.30. The summed E-state index contributed by atoms with van der Waals surface area (Å²) in [6.45, 7) is 1.72. The Balaban J connectivity index is 2.33. The average Bonchev–Trinajstić information content (AvgIpc) is 2.67. The fourth-order valence-electron chi connectivity index (χ4n) is 1.06. The van der Waals surface area contributed by atoms with Crippen molar-refractivity contribution in [2.75, 3.05) is 0 Å². The summed E-state index contributed by atoms with van der Waals surface area (Å²) in [6.07, 6.45) is 1.25. The highest BCUT2D eigenvalue weighted by Gasteiger charge is 2.17. The van der Waals surface area contributed by atoms with Crippen LogP contribution in [-0.4, -0.2) is 25.4 Å². The number of hydrogen-bond acceptors (Lipinski definition) is 6. The second-order valence-corrected chi connectivity index (χ2v) is 4.98. The Kier molecular flexibility index (Phi) is 3.34.